The number of carbonyl (C=O) groups is 5. The fraction of sp³-hybridized carbons (Fsp3) is 0.425. The molecule has 0 bridgehead atoms. The number of hydrogen-bond donors (Lipinski definition) is 3. The Morgan fingerprint density at radius 2 is 1.72 bits per heavy atom. The second kappa shape index (κ2) is 12.9. The fourth-order valence-electron chi connectivity index (χ4n) is 10.1. The van der Waals surface area contributed by atoms with Gasteiger partial charge in [0.1, 0.15) is 19.3 Å². The van der Waals surface area contributed by atoms with Crippen molar-refractivity contribution in [2.45, 2.75) is 78.8 Å². The molecular weight excluding hydrogens is 723 g/mol. The summed E-state index contributed by atoms with van der Waals surface area (Å²) >= 11 is 1.40. The molecule has 54 heavy (non-hydrogen) atoms. The summed E-state index contributed by atoms with van der Waals surface area (Å²) < 4.78 is 46.5. The highest BCUT2D eigenvalue weighted by Crippen LogP contribution is 2.72. The van der Waals surface area contributed by atoms with Gasteiger partial charge in [0.05, 0.1) is 12.2 Å². The lowest BCUT2D eigenvalue weighted by Gasteiger charge is -2.63. The Bertz CT molecular complexity index is 2050. The topological polar surface area (TPSA) is 160 Å². The van der Waals surface area contributed by atoms with E-state index in [0.717, 1.165) is 32.9 Å². The van der Waals surface area contributed by atoms with Crippen molar-refractivity contribution >= 4 is 46.7 Å². The second-order valence-electron chi connectivity index (χ2n) is 15.3. The Kier molecular flexibility index (Phi) is 8.73. The van der Waals surface area contributed by atoms with Crippen LogP contribution in [0.5, 0.6) is 0 Å². The maximum absolute atomic E-state index is 17.7. The highest BCUT2D eigenvalue weighted by atomic mass is 32.2. The van der Waals surface area contributed by atoms with E-state index in [1.54, 1.807) is 37.3 Å². The highest BCUT2D eigenvalue weighted by molar-refractivity contribution is 7.99. The number of nitrogens with one attached hydrogen (secondary N) is 1. The van der Waals surface area contributed by atoms with Gasteiger partial charge >= 0.3 is 0 Å². The molecule has 14 heteroatoms. The van der Waals surface area contributed by atoms with Crippen molar-refractivity contribution in [1.82, 2.24) is 4.90 Å². The standard InChI is InChI=1S/C40H38F2N2O9S/c1-37-13-12-23(46)15-28(37)29(41)16-27-26-17-32-40(31(48)20-45,38(26,2)18-30(47)39(27,37)42)53-36(52-32)21-6-8-24(9-7-21)54-25-5-3-4-22(14-25)43-33(49)19-44-34(50)10-11-35(44)51/h3-15,26-27,29-30,32,36,45,47H,16-20H2,1-2H3,(H,43,49)/t26-,27-,29-,30-,32+,36+,37-,38-,39-,40+/m0/s1. The molecule has 8 rings (SSSR count). The molecule has 11 nitrogen and oxygen atoms in total. The minimum absolute atomic E-state index is 0.00717. The molecule has 2 aromatic rings. The Labute approximate surface area is 313 Å². The van der Waals surface area contributed by atoms with E-state index in [2.05, 4.69) is 5.32 Å². The maximum Gasteiger partial charge on any atom is 0.254 e. The lowest BCUT2D eigenvalue weighted by molar-refractivity contribution is -0.235. The summed E-state index contributed by atoms with van der Waals surface area (Å²) in [4.78, 5) is 64.6. The number of nitrogens with zero attached hydrogens (tertiary/aromatic N) is 1. The van der Waals surface area contributed by atoms with Crippen LogP contribution in [0.25, 0.3) is 0 Å². The number of ketones is 2. The van der Waals surface area contributed by atoms with Gasteiger partial charge in [0.25, 0.3) is 11.8 Å². The quantitative estimate of drug-likeness (QED) is 0.331. The van der Waals surface area contributed by atoms with Crippen molar-refractivity contribution in [1.29, 1.82) is 0 Å². The molecule has 0 spiro atoms. The lowest BCUT2D eigenvalue weighted by atomic mass is 9.44. The maximum atomic E-state index is 17.7. The second-order valence-corrected chi connectivity index (χ2v) is 16.5. The summed E-state index contributed by atoms with van der Waals surface area (Å²) in [6, 6.07) is 14.2. The number of fused-ring (bicyclic) bond motifs is 7. The Morgan fingerprint density at radius 3 is 2.43 bits per heavy atom. The van der Waals surface area contributed by atoms with Crippen molar-refractivity contribution in [3.8, 4) is 0 Å². The van der Waals surface area contributed by atoms with Crippen molar-refractivity contribution in [2.75, 3.05) is 18.5 Å². The van der Waals surface area contributed by atoms with Crippen molar-refractivity contribution in [2.24, 2.45) is 22.7 Å². The molecule has 3 saturated carbocycles. The van der Waals surface area contributed by atoms with Crippen LogP contribution >= 0.6 is 11.8 Å². The number of hydrogen-bond acceptors (Lipinski definition) is 10. The molecule has 2 aliphatic heterocycles. The van der Waals surface area contributed by atoms with Gasteiger partial charge in [0.2, 0.25) is 5.91 Å². The molecule has 1 saturated heterocycles. The first-order valence-corrected chi connectivity index (χ1v) is 18.6. The molecule has 3 N–H and O–H groups in total. The van der Waals surface area contributed by atoms with E-state index in [0.29, 0.717) is 11.3 Å². The molecule has 4 fully saturated rings. The van der Waals surface area contributed by atoms with E-state index in [1.165, 1.54) is 30.8 Å². The van der Waals surface area contributed by atoms with Crippen LogP contribution in [-0.2, 0) is 33.4 Å². The van der Waals surface area contributed by atoms with Gasteiger partial charge in [-0.25, -0.2) is 8.78 Å². The fourth-order valence-corrected chi connectivity index (χ4v) is 11.0. The van der Waals surface area contributed by atoms with Crippen LogP contribution in [-0.4, -0.2) is 87.2 Å². The zero-order chi connectivity index (χ0) is 38.4. The van der Waals surface area contributed by atoms with Gasteiger partial charge in [-0.15, -0.1) is 0 Å². The summed E-state index contributed by atoms with van der Waals surface area (Å²) in [5.41, 5.74) is -5.83. The van der Waals surface area contributed by atoms with Crippen molar-refractivity contribution in [3.05, 3.63) is 90.0 Å². The van der Waals surface area contributed by atoms with Gasteiger partial charge < -0.3 is 25.0 Å². The molecule has 2 aromatic carbocycles. The highest BCUT2D eigenvalue weighted by Gasteiger charge is 2.80. The number of anilines is 1. The minimum atomic E-state index is -2.34. The predicted octanol–water partition coefficient (Wildman–Crippen LogP) is 4.34. The van der Waals surface area contributed by atoms with Gasteiger partial charge in [0.15, 0.2) is 29.1 Å². The number of aliphatic hydroxyl groups is 2. The molecule has 0 radical (unpaired) electrons. The van der Waals surface area contributed by atoms with Crippen molar-refractivity contribution < 1.29 is 52.4 Å². The van der Waals surface area contributed by atoms with Crippen LogP contribution in [0.3, 0.4) is 0 Å². The predicted molar refractivity (Wildman–Crippen MR) is 189 cm³/mol. The van der Waals surface area contributed by atoms with E-state index >= 15 is 8.78 Å². The molecular formula is C40H38F2N2O9S. The van der Waals surface area contributed by atoms with Gasteiger partial charge in [-0.2, -0.15) is 0 Å². The number of benzene rings is 2. The average molecular weight is 761 g/mol. The molecule has 10 atom stereocenters. The van der Waals surface area contributed by atoms with Gasteiger partial charge in [0, 0.05) is 49.9 Å². The summed E-state index contributed by atoms with van der Waals surface area (Å²) in [5, 5.41) is 24.7. The van der Waals surface area contributed by atoms with E-state index in [9.17, 15) is 34.2 Å². The first kappa shape index (κ1) is 36.6. The molecule has 0 aromatic heterocycles. The number of Topliss-reactive ketones (excluding diaryl/α,β-unsaturated/α-hetero) is 1. The van der Waals surface area contributed by atoms with Crippen LogP contribution in [0.2, 0.25) is 0 Å². The Balaban J connectivity index is 0.997. The number of amides is 3. The van der Waals surface area contributed by atoms with Gasteiger partial charge in [-0.1, -0.05) is 43.0 Å². The normalized spacial score (nSPS) is 37.8. The van der Waals surface area contributed by atoms with Crippen LogP contribution in [0.4, 0.5) is 14.5 Å². The SMILES string of the molecule is C[C@]12C=CC(=O)C=C1[C@@H](F)C[C@H]1[C@@H]3C[C@H]4O[C@@H](c5ccc(Sc6cccc(NC(=O)CN7C(=O)C=CC7=O)c6)cc5)O[C@@]4(C(=O)CO)[C@@]3(C)C[C@H](O)[C@@]12F. The number of rotatable bonds is 8. The minimum Gasteiger partial charge on any atom is -0.390 e. The molecule has 3 amide bonds. The zero-order valence-electron chi connectivity index (χ0n) is 29.4. The number of allylic oxidation sites excluding steroid dienone is 4. The molecule has 0 unspecified atom stereocenters. The molecule has 282 valence electrons. The van der Waals surface area contributed by atoms with Crippen molar-refractivity contribution in [3.63, 3.8) is 0 Å². The lowest BCUT2D eigenvalue weighted by Crippen LogP contribution is -2.70. The smallest absolute Gasteiger partial charge is 0.254 e. The van der Waals surface area contributed by atoms with Crippen LogP contribution in [0.1, 0.15) is 45.0 Å². The number of halogens is 2. The van der Waals surface area contributed by atoms with E-state index in [4.69, 9.17) is 9.47 Å². The summed E-state index contributed by atoms with van der Waals surface area (Å²) in [5.74, 6) is -4.42. The average Bonchev–Trinajstić information content (AvgIpc) is 3.76. The van der Waals surface area contributed by atoms with E-state index in [1.807, 2.05) is 18.2 Å². The summed E-state index contributed by atoms with van der Waals surface area (Å²) in [7, 11) is 0. The largest absolute Gasteiger partial charge is 0.390 e. The summed E-state index contributed by atoms with van der Waals surface area (Å²) in [6.45, 7) is 1.96. The van der Waals surface area contributed by atoms with E-state index < -0.39 is 101 Å². The molecule has 4 aliphatic carbocycles. The van der Waals surface area contributed by atoms with Crippen LogP contribution < -0.4 is 5.32 Å². The number of aliphatic hydroxyl groups excluding tert-OH is 2. The van der Waals surface area contributed by atoms with E-state index in [-0.39, 0.29) is 24.8 Å². The Morgan fingerprint density at radius 1 is 1.00 bits per heavy atom. The third-order valence-corrected chi connectivity index (χ3v) is 13.6. The monoisotopic (exact) mass is 760 g/mol. The molecule has 2 heterocycles. The molecule has 6 aliphatic rings. The third kappa shape index (κ3) is 5.24. The van der Waals surface area contributed by atoms with Gasteiger partial charge in [-0.3, -0.25) is 28.9 Å². The third-order valence-electron chi connectivity index (χ3n) is 12.6. The number of ether oxygens (including phenoxy) is 2. The number of carbonyl (C=O) groups excluding carboxylic acids is 5. The first-order valence-electron chi connectivity index (χ1n) is 17.8. The first-order chi connectivity index (χ1) is 25.6. The number of alkyl halides is 2. The van der Waals surface area contributed by atoms with Crippen LogP contribution in [0, 0.1) is 22.7 Å². The zero-order valence-corrected chi connectivity index (χ0v) is 30.2. The number of imide groups is 1. The summed E-state index contributed by atoms with van der Waals surface area (Å²) in [6.07, 6.45) is 0.331. The Hall–Kier alpha value is -4.34. The van der Waals surface area contributed by atoms with Gasteiger partial charge in [-0.05, 0) is 80.2 Å². The van der Waals surface area contributed by atoms with Crippen LogP contribution in [0.15, 0.2) is 94.3 Å².